The summed E-state index contributed by atoms with van der Waals surface area (Å²) < 4.78 is 142. The van der Waals surface area contributed by atoms with Crippen molar-refractivity contribution >= 4 is 27.7 Å². The van der Waals surface area contributed by atoms with Crippen LogP contribution in [0.5, 0.6) is 0 Å². The summed E-state index contributed by atoms with van der Waals surface area (Å²) >= 11 is 0. The zero-order chi connectivity index (χ0) is 25.2. The number of anilines is 1. The summed E-state index contributed by atoms with van der Waals surface area (Å²) in [5.41, 5.74) is -2.02. The van der Waals surface area contributed by atoms with Crippen molar-refractivity contribution in [3.8, 4) is 0 Å². The van der Waals surface area contributed by atoms with Crippen molar-refractivity contribution in [3.05, 3.63) is 42.5 Å². The summed E-state index contributed by atoms with van der Waals surface area (Å²) in [6.45, 7) is -0.0920. The number of rotatable bonds is 8. The Kier molecular flexibility index (Phi) is 7.65. The summed E-state index contributed by atoms with van der Waals surface area (Å²) in [4.78, 5) is 23.6. The van der Waals surface area contributed by atoms with Crippen LogP contribution in [0, 0.1) is 0 Å². The minimum absolute atomic E-state index is 0.0657. The molecule has 17 heteroatoms. The van der Waals surface area contributed by atoms with Crippen molar-refractivity contribution in [2.24, 2.45) is 0 Å². The molecule has 0 aliphatic heterocycles. The van der Waals surface area contributed by atoms with Crippen LogP contribution in [0.3, 0.4) is 0 Å². The van der Waals surface area contributed by atoms with Gasteiger partial charge in [0, 0.05) is 11.8 Å². The molecule has 0 aliphatic carbocycles. The van der Waals surface area contributed by atoms with E-state index in [0.717, 1.165) is 0 Å². The number of esters is 1. The predicted molar refractivity (Wildman–Crippen MR) is 87.6 cm³/mol. The van der Waals surface area contributed by atoms with Crippen LogP contribution in [0.1, 0.15) is 5.56 Å². The molecule has 0 fully saturated rings. The second-order valence-corrected chi connectivity index (χ2v) is 7.22. The van der Waals surface area contributed by atoms with Crippen LogP contribution < -0.4 is 5.32 Å². The van der Waals surface area contributed by atoms with Gasteiger partial charge in [0.25, 0.3) is 0 Å². The maximum atomic E-state index is 13.6. The first-order valence-electron chi connectivity index (χ1n) is 7.66. The molecule has 0 saturated carbocycles. The Morgan fingerprint density at radius 1 is 1.03 bits per heavy atom. The highest BCUT2D eigenvalue weighted by Gasteiger charge is 2.67. The topological polar surface area (TPSA) is 119 Å². The Labute approximate surface area is 173 Å². The molecule has 8 nitrogen and oxygen atoms in total. The Balaban J connectivity index is 3.41. The van der Waals surface area contributed by atoms with Crippen molar-refractivity contribution in [1.82, 2.24) is 0 Å². The first kappa shape index (κ1) is 27.2. The molecule has 0 heterocycles. The van der Waals surface area contributed by atoms with Gasteiger partial charge in [0.1, 0.15) is 6.61 Å². The van der Waals surface area contributed by atoms with E-state index in [4.69, 9.17) is 4.55 Å². The smallest absolute Gasteiger partial charge is 0.412 e. The molecule has 0 radical (unpaired) electrons. The van der Waals surface area contributed by atoms with Gasteiger partial charge in [0.2, 0.25) is 0 Å². The molecule has 1 atom stereocenters. The average Bonchev–Trinajstić information content (AvgIpc) is 2.62. The van der Waals surface area contributed by atoms with Gasteiger partial charge in [-0.1, -0.05) is 6.58 Å². The predicted octanol–water partition coefficient (Wildman–Crippen LogP) is 3.13. The molecule has 1 rings (SSSR count). The Bertz CT molecular complexity index is 973. The molecular formula is C15H11F8NO7S. The minimum Gasteiger partial charge on any atom is -0.412 e. The van der Waals surface area contributed by atoms with Gasteiger partial charge in [-0.25, -0.2) is 4.79 Å². The molecule has 32 heavy (non-hydrogen) atoms. The van der Waals surface area contributed by atoms with Crippen LogP contribution in [0.25, 0.3) is 0 Å². The Morgan fingerprint density at radius 3 is 1.91 bits per heavy atom. The van der Waals surface area contributed by atoms with Crippen LogP contribution in [0.4, 0.5) is 40.8 Å². The van der Waals surface area contributed by atoms with E-state index in [1.54, 1.807) is 0 Å². The van der Waals surface area contributed by atoms with Crippen molar-refractivity contribution < 1.29 is 67.2 Å². The summed E-state index contributed by atoms with van der Waals surface area (Å²) in [7, 11) is -6.33. The first-order chi connectivity index (χ1) is 14.3. The van der Waals surface area contributed by atoms with Gasteiger partial charge in [0.15, 0.2) is 0 Å². The number of carbonyl (C=O) groups excluding carboxylic acids is 2. The quantitative estimate of drug-likeness (QED) is 0.185. The number of nitrogens with one attached hydrogen (secondary N) is 1. The number of hydrogen-bond donors (Lipinski definition) is 2. The minimum atomic E-state index is -6.33. The number of hydrogen-bond acceptors (Lipinski definition) is 6. The van der Waals surface area contributed by atoms with Crippen molar-refractivity contribution in [2.45, 2.75) is 23.4 Å². The molecule has 2 N–H and O–H groups in total. The number of halogens is 8. The average molecular weight is 501 g/mol. The number of ether oxygens (including phenoxy) is 2. The number of benzene rings is 1. The number of carbonyl (C=O) groups is 2. The molecule has 0 spiro atoms. The third-order valence-electron chi connectivity index (χ3n) is 3.37. The highest BCUT2D eigenvalue weighted by atomic mass is 32.2. The van der Waals surface area contributed by atoms with E-state index >= 15 is 0 Å². The molecule has 0 aliphatic rings. The molecule has 1 unspecified atom stereocenters. The van der Waals surface area contributed by atoms with Crippen LogP contribution in [0.15, 0.2) is 36.9 Å². The maximum absolute atomic E-state index is 13.6. The van der Waals surface area contributed by atoms with Crippen molar-refractivity contribution in [1.29, 1.82) is 0 Å². The van der Waals surface area contributed by atoms with Gasteiger partial charge in [0.05, 0.1) is 5.56 Å². The lowest BCUT2D eigenvalue weighted by molar-refractivity contribution is -0.350. The van der Waals surface area contributed by atoms with Gasteiger partial charge in [-0.05, 0) is 24.3 Å². The standard InChI is InChI=1S/C15H11F8NO7S/c1-2-10(25)31-13(15(21,22)23,30-7-12(16,17)32(27,28)29)11(26)24-9-5-3-8(4-6-9)14(18,19)20/h2-6H,1,7H2,(H,24,26)(H,27,28,29). The zero-order valence-electron chi connectivity index (χ0n) is 15.1. The van der Waals surface area contributed by atoms with Gasteiger partial charge >= 0.3 is 45.4 Å². The van der Waals surface area contributed by atoms with E-state index in [9.17, 15) is 53.1 Å². The zero-order valence-corrected chi connectivity index (χ0v) is 15.9. The second kappa shape index (κ2) is 8.99. The van der Waals surface area contributed by atoms with Crippen LogP contribution in [-0.4, -0.2) is 48.7 Å². The van der Waals surface area contributed by atoms with E-state index in [0.29, 0.717) is 24.3 Å². The van der Waals surface area contributed by atoms with E-state index in [2.05, 4.69) is 16.1 Å². The molecule has 1 aromatic rings. The van der Waals surface area contributed by atoms with Gasteiger partial charge in [-0.3, -0.25) is 9.35 Å². The fourth-order valence-electron chi connectivity index (χ4n) is 1.81. The first-order valence-corrected chi connectivity index (χ1v) is 9.10. The third kappa shape index (κ3) is 6.13. The maximum Gasteiger partial charge on any atom is 0.466 e. The molecule has 0 saturated heterocycles. The largest absolute Gasteiger partial charge is 0.466 e. The molecule has 0 bridgehead atoms. The van der Waals surface area contributed by atoms with E-state index in [1.165, 1.54) is 5.32 Å². The highest BCUT2D eigenvalue weighted by Crippen LogP contribution is 2.38. The van der Waals surface area contributed by atoms with Gasteiger partial charge in [-0.15, -0.1) is 0 Å². The van der Waals surface area contributed by atoms with Crippen molar-refractivity contribution in [2.75, 3.05) is 11.9 Å². The monoisotopic (exact) mass is 501 g/mol. The number of alkyl halides is 8. The summed E-state index contributed by atoms with van der Waals surface area (Å²) in [5.74, 6) is -9.51. The Hall–Kier alpha value is -2.79. The lowest BCUT2D eigenvalue weighted by atomic mass is 10.2. The Morgan fingerprint density at radius 2 is 1.53 bits per heavy atom. The fourth-order valence-corrected chi connectivity index (χ4v) is 2.02. The van der Waals surface area contributed by atoms with E-state index < -0.39 is 63.2 Å². The fraction of sp³-hybridized carbons (Fsp3) is 0.333. The van der Waals surface area contributed by atoms with Gasteiger partial charge < -0.3 is 14.8 Å². The number of amides is 1. The lowest BCUT2D eigenvalue weighted by Gasteiger charge is -2.33. The van der Waals surface area contributed by atoms with Gasteiger partial charge in [-0.2, -0.15) is 43.5 Å². The highest BCUT2D eigenvalue weighted by molar-refractivity contribution is 7.86. The normalized spacial score (nSPS) is 14.9. The molecular weight excluding hydrogens is 490 g/mol. The molecule has 1 aromatic carbocycles. The van der Waals surface area contributed by atoms with Crippen molar-refractivity contribution in [3.63, 3.8) is 0 Å². The summed E-state index contributed by atoms with van der Waals surface area (Å²) in [5, 5.41) is -4.04. The van der Waals surface area contributed by atoms with Crippen LogP contribution in [-0.2, 0) is 35.4 Å². The molecule has 1 amide bonds. The van der Waals surface area contributed by atoms with Crippen LogP contribution in [0.2, 0.25) is 0 Å². The lowest BCUT2D eigenvalue weighted by Crippen LogP contribution is -2.60. The summed E-state index contributed by atoms with van der Waals surface area (Å²) in [6.07, 6.45) is -10.9. The molecule has 180 valence electrons. The summed E-state index contributed by atoms with van der Waals surface area (Å²) in [6, 6.07) is 1.63. The SMILES string of the molecule is C=CC(=O)OC(OCC(F)(F)S(=O)(=O)O)(C(=O)Nc1ccc(C(F)(F)F)cc1)C(F)(F)F. The molecule has 0 aromatic heterocycles. The van der Waals surface area contributed by atoms with Crippen LogP contribution >= 0.6 is 0 Å². The van der Waals surface area contributed by atoms with E-state index in [1.807, 2.05) is 0 Å². The van der Waals surface area contributed by atoms with E-state index in [-0.39, 0.29) is 6.08 Å². The second-order valence-electron chi connectivity index (χ2n) is 5.67. The third-order valence-corrected chi connectivity index (χ3v) is 4.25.